The van der Waals surface area contributed by atoms with Gasteiger partial charge < -0.3 is 20.1 Å². The molecule has 0 atom stereocenters. The van der Waals surface area contributed by atoms with E-state index >= 15 is 0 Å². The Morgan fingerprint density at radius 1 is 0.759 bits per heavy atom. The van der Waals surface area contributed by atoms with Gasteiger partial charge in [0.2, 0.25) is 0 Å². The monoisotopic (exact) mass is 418 g/mol. The summed E-state index contributed by atoms with van der Waals surface area (Å²) in [5, 5.41) is 6.08. The zero-order valence-electron chi connectivity index (χ0n) is 17.2. The predicted octanol–water partition coefficient (Wildman–Crippen LogP) is 3.26. The molecule has 2 amide bonds. The van der Waals surface area contributed by atoms with E-state index in [1.54, 1.807) is 12.1 Å². The average molecular weight is 419 g/mol. The van der Waals surface area contributed by atoms with Gasteiger partial charge in [-0.2, -0.15) is 0 Å². The molecule has 0 bridgehead atoms. The highest BCUT2D eigenvalue weighted by Gasteiger charge is 2.07. The third-order valence-corrected chi connectivity index (χ3v) is 4.99. The molecule has 0 aliphatic carbocycles. The van der Waals surface area contributed by atoms with Gasteiger partial charge in [0.05, 0.1) is 0 Å². The van der Waals surface area contributed by atoms with E-state index in [2.05, 4.69) is 10.6 Å². The summed E-state index contributed by atoms with van der Waals surface area (Å²) < 4.78 is 11.0. The molecule has 156 valence electrons. The first-order chi connectivity index (χ1) is 13.8. The molecular weight excluding hydrogens is 392 g/mol. The molecule has 0 spiro atoms. The van der Waals surface area contributed by atoms with Gasteiger partial charge in [-0.1, -0.05) is 17.7 Å². The first kappa shape index (κ1) is 22.6. The van der Waals surface area contributed by atoms with Crippen molar-refractivity contribution in [2.45, 2.75) is 27.7 Å². The lowest BCUT2D eigenvalue weighted by molar-refractivity contribution is -0.124. The standard InChI is InChI=1S/C22H27ClN2O4/c1-14-5-6-18(9-15(14)2)28-12-20(26)24-7-8-25-21(27)13-29-19-10-16(3)22(23)17(4)11-19/h5-6,9-11H,7-8,12-13H2,1-4H3,(H,24,26)(H,25,27). The van der Waals surface area contributed by atoms with Crippen LogP contribution in [0.15, 0.2) is 30.3 Å². The Morgan fingerprint density at radius 2 is 1.24 bits per heavy atom. The van der Waals surface area contributed by atoms with E-state index < -0.39 is 0 Å². The second-order valence-corrected chi connectivity index (χ2v) is 7.27. The molecule has 7 heteroatoms. The van der Waals surface area contributed by atoms with Crippen LogP contribution in [0.2, 0.25) is 5.02 Å². The number of hydrogen-bond acceptors (Lipinski definition) is 4. The number of carbonyl (C=O) groups is 2. The van der Waals surface area contributed by atoms with Crippen molar-refractivity contribution in [2.75, 3.05) is 26.3 Å². The Morgan fingerprint density at radius 3 is 1.76 bits per heavy atom. The smallest absolute Gasteiger partial charge is 0.258 e. The first-order valence-electron chi connectivity index (χ1n) is 9.39. The summed E-state index contributed by atoms with van der Waals surface area (Å²) in [5.41, 5.74) is 4.07. The molecule has 0 aromatic heterocycles. The number of ether oxygens (including phenoxy) is 2. The SMILES string of the molecule is Cc1ccc(OCC(=O)NCCNC(=O)COc2cc(C)c(Cl)c(C)c2)cc1C. The first-order valence-corrected chi connectivity index (χ1v) is 9.77. The second kappa shape index (κ2) is 10.7. The second-order valence-electron chi connectivity index (χ2n) is 6.89. The van der Waals surface area contributed by atoms with Crippen LogP contribution in [-0.4, -0.2) is 38.1 Å². The van der Waals surface area contributed by atoms with E-state index in [1.807, 2.05) is 45.9 Å². The summed E-state index contributed by atoms with van der Waals surface area (Å²) in [7, 11) is 0. The molecule has 0 unspecified atom stereocenters. The lowest BCUT2D eigenvalue weighted by atomic mass is 10.1. The zero-order valence-corrected chi connectivity index (χ0v) is 18.0. The highest BCUT2D eigenvalue weighted by atomic mass is 35.5. The molecule has 0 aliphatic heterocycles. The third kappa shape index (κ3) is 7.31. The highest BCUT2D eigenvalue weighted by Crippen LogP contribution is 2.25. The van der Waals surface area contributed by atoms with Gasteiger partial charge in [0, 0.05) is 18.1 Å². The van der Waals surface area contributed by atoms with Gasteiger partial charge in [-0.3, -0.25) is 9.59 Å². The van der Waals surface area contributed by atoms with E-state index in [4.69, 9.17) is 21.1 Å². The molecule has 0 aliphatic rings. The predicted molar refractivity (Wildman–Crippen MR) is 114 cm³/mol. The summed E-state index contributed by atoms with van der Waals surface area (Å²) in [4.78, 5) is 23.7. The molecule has 0 saturated heterocycles. The van der Waals surface area contributed by atoms with Crippen molar-refractivity contribution in [3.05, 3.63) is 57.6 Å². The molecule has 2 aromatic carbocycles. The number of carbonyl (C=O) groups excluding carboxylic acids is 2. The van der Waals surface area contributed by atoms with E-state index in [1.165, 1.54) is 5.56 Å². The average Bonchev–Trinajstić information content (AvgIpc) is 2.68. The fraction of sp³-hybridized carbons (Fsp3) is 0.364. The van der Waals surface area contributed by atoms with E-state index in [0.29, 0.717) is 29.6 Å². The topological polar surface area (TPSA) is 76.7 Å². The van der Waals surface area contributed by atoms with Crippen LogP contribution in [-0.2, 0) is 9.59 Å². The van der Waals surface area contributed by atoms with Gasteiger partial charge >= 0.3 is 0 Å². The van der Waals surface area contributed by atoms with Gasteiger partial charge in [0.25, 0.3) is 11.8 Å². The largest absolute Gasteiger partial charge is 0.484 e. The molecular formula is C22H27ClN2O4. The molecule has 2 aromatic rings. The number of aryl methyl sites for hydroxylation is 4. The molecule has 0 heterocycles. The Hall–Kier alpha value is -2.73. The van der Waals surface area contributed by atoms with E-state index in [0.717, 1.165) is 16.7 Å². The molecule has 2 rings (SSSR count). The number of halogens is 1. The Bertz CT molecular complexity index is 860. The Balaban J connectivity index is 1.62. The van der Waals surface area contributed by atoms with Crippen molar-refractivity contribution in [3.8, 4) is 11.5 Å². The van der Waals surface area contributed by atoms with Crippen molar-refractivity contribution in [2.24, 2.45) is 0 Å². The van der Waals surface area contributed by atoms with Gasteiger partial charge in [-0.05, 0) is 74.2 Å². The fourth-order valence-corrected chi connectivity index (χ4v) is 2.71. The summed E-state index contributed by atoms with van der Waals surface area (Å²) in [6.07, 6.45) is 0. The van der Waals surface area contributed by atoms with Crippen LogP contribution < -0.4 is 20.1 Å². The minimum atomic E-state index is -0.268. The van der Waals surface area contributed by atoms with E-state index in [-0.39, 0.29) is 25.0 Å². The van der Waals surface area contributed by atoms with Crippen LogP contribution >= 0.6 is 11.6 Å². The lowest BCUT2D eigenvalue weighted by Crippen LogP contribution is -2.38. The van der Waals surface area contributed by atoms with Crippen molar-refractivity contribution in [3.63, 3.8) is 0 Å². The van der Waals surface area contributed by atoms with Crippen molar-refractivity contribution in [1.82, 2.24) is 10.6 Å². The normalized spacial score (nSPS) is 10.4. The van der Waals surface area contributed by atoms with Gasteiger partial charge in [-0.15, -0.1) is 0 Å². The number of benzene rings is 2. The van der Waals surface area contributed by atoms with Gasteiger partial charge in [0.15, 0.2) is 13.2 Å². The highest BCUT2D eigenvalue weighted by molar-refractivity contribution is 6.32. The minimum Gasteiger partial charge on any atom is -0.484 e. The van der Waals surface area contributed by atoms with Crippen LogP contribution in [0.25, 0.3) is 0 Å². The number of rotatable bonds is 9. The maximum absolute atomic E-state index is 11.9. The Labute approximate surface area is 176 Å². The van der Waals surface area contributed by atoms with Gasteiger partial charge in [-0.25, -0.2) is 0 Å². The van der Waals surface area contributed by atoms with Crippen molar-refractivity contribution >= 4 is 23.4 Å². The van der Waals surface area contributed by atoms with Crippen LogP contribution in [0.1, 0.15) is 22.3 Å². The Kier molecular flexibility index (Phi) is 8.34. The van der Waals surface area contributed by atoms with Crippen LogP contribution in [0.4, 0.5) is 0 Å². The summed E-state index contributed by atoms with van der Waals surface area (Å²) in [5.74, 6) is 0.731. The number of nitrogens with one attached hydrogen (secondary N) is 2. The maximum atomic E-state index is 11.9. The molecule has 2 N–H and O–H groups in total. The maximum Gasteiger partial charge on any atom is 0.258 e. The summed E-state index contributed by atoms with van der Waals surface area (Å²) in [6, 6.07) is 9.26. The number of amides is 2. The van der Waals surface area contributed by atoms with Crippen LogP contribution in [0.5, 0.6) is 11.5 Å². The van der Waals surface area contributed by atoms with Gasteiger partial charge in [0.1, 0.15) is 11.5 Å². The molecule has 0 fully saturated rings. The van der Waals surface area contributed by atoms with Crippen molar-refractivity contribution < 1.29 is 19.1 Å². The third-order valence-electron chi connectivity index (χ3n) is 4.40. The quantitative estimate of drug-likeness (QED) is 0.613. The molecule has 0 radical (unpaired) electrons. The lowest BCUT2D eigenvalue weighted by Gasteiger charge is -2.11. The van der Waals surface area contributed by atoms with Crippen molar-refractivity contribution in [1.29, 1.82) is 0 Å². The van der Waals surface area contributed by atoms with Crippen LogP contribution in [0.3, 0.4) is 0 Å². The zero-order chi connectivity index (χ0) is 21.4. The molecule has 29 heavy (non-hydrogen) atoms. The summed E-state index contributed by atoms with van der Waals surface area (Å²) in [6.45, 7) is 8.20. The fourth-order valence-electron chi connectivity index (χ4n) is 2.60. The van der Waals surface area contributed by atoms with Crippen LogP contribution in [0, 0.1) is 27.7 Å². The number of hydrogen-bond donors (Lipinski definition) is 2. The molecule has 6 nitrogen and oxygen atoms in total. The molecule has 0 saturated carbocycles. The van der Waals surface area contributed by atoms with E-state index in [9.17, 15) is 9.59 Å². The summed E-state index contributed by atoms with van der Waals surface area (Å²) >= 11 is 6.11. The minimum absolute atomic E-state index is 0.0746.